The van der Waals surface area contributed by atoms with E-state index in [0.717, 1.165) is 26.2 Å². The summed E-state index contributed by atoms with van der Waals surface area (Å²) < 4.78 is 0. The van der Waals surface area contributed by atoms with Gasteiger partial charge in [0.1, 0.15) is 0 Å². The largest absolute Gasteiger partial charge is 0.394 e. The minimum atomic E-state index is -0.508. The van der Waals surface area contributed by atoms with E-state index in [4.69, 9.17) is 5.11 Å². The van der Waals surface area contributed by atoms with Crippen LogP contribution in [0.4, 0.5) is 0 Å². The highest BCUT2D eigenvalue weighted by Crippen LogP contribution is 2.15. The van der Waals surface area contributed by atoms with Crippen LogP contribution in [0.15, 0.2) is 0 Å². The van der Waals surface area contributed by atoms with E-state index in [1.54, 1.807) is 6.92 Å². The maximum absolute atomic E-state index is 12.0. The van der Waals surface area contributed by atoms with Crippen LogP contribution in [0.5, 0.6) is 0 Å². The SMILES string of the molecule is C[C@H](CO)NC(=O)C(C)(C)N1CCNCC1. The van der Waals surface area contributed by atoms with Gasteiger partial charge in [0.25, 0.3) is 0 Å². The molecule has 1 rings (SSSR count). The predicted molar refractivity (Wildman–Crippen MR) is 63.2 cm³/mol. The van der Waals surface area contributed by atoms with Crippen LogP contribution in [0, 0.1) is 0 Å². The van der Waals surface area contributed by atoms with E-state index >= 15 is 0 Å². The Hall–Kier alpha value is -0.650. The lowest BCUT2D eigenvalue weighted by atomic mass is 10.00. The van der Waals surface area contributed by atoms with Crippen LogP contribution in [0.2, 0.25) is 0 Å². The third-order valence-corrected chi connectivity index (χ3v) is 3.11. The molecule has 1 heterocycles. The molecule has 94 valence electrons. The van der Waals surface area contributed by atoms with Gasteiger partial charge in [-0.15, -0.1) is 0 Å². The molecule has 1 fully saturated rings. The van der Waals surface area contributed by atoms with Gasteiger partial charge in [0.05, 0.1) is 12.1 Å². The number of carbonyl (C=O) groups excluding carboxylic acids is 1. The lowest BCUT2D eigenvalue weighted by molar-refractivity contribution is -0.133. The van der Waals surface area contributed by atoms with Crippen molar-refractivity contribution in [2.24, 2.45) is 0 Å². The summed E-state index contributed by atoms with van der Waals surface area (Å²) in [5.74, 6) is -0.0176. The molecule has 16 heavy (non-hydrogen) atoms. The predicted octanol–water partition coefficient (Wildman–Crippen LogP) is -0.833. The molecule has 0 aromatic carbocycles. The molecular formula is C11H23N3O2. The normalized spacial score (nSPS) is 20.5. The number of hydrogen-bond acceptors (Lipinski definition) is 4. The van der Waals surface area contributed by atoms with E-state index in [1.165, 1.54) is 0 Å². The summed E-state index contributed by atoms with van der Waals surface area (Å²) in [5, 5.41) is 15.0. The van der Waals surface area contributed by atoms with Crippen LogP contribution >= 0.6 is 0 Å². The molecule has 0 saturated carbocycles. The molecule has 0 spiro atoms. The molecule has 1 aliphatic rings. The van der Waals surface area contributed by atoms with Gasteiger partial charge in [-0.1, -0.05) is 0 Å². The monoisotopic (exact) mass is 229 g/mol. The Kier molecular flexibility index (Phi) is 4.70. The Balaban J connectivity index is 2.56. The fraction of sp³-hybridized carbons (Fsp3) is 0.909. The summed E-state index contributed by atoms with van der Waals surface area (Å²) in [5.41, 5.74) is -0.508. The molecule has 3 N–H and O–H groups in total. The summed E-state index contributed by atoms with van der Waals surface area (Å²) in [6.45, 7) is 9.24. The van der Waals surface area contributed by atoms with Gasteiger partial charge in [0, 0.05) is 32.2 Å². The number of nitrogens with one attached hydrogen (secondary N) is 2. The molecular weight excluding hydrogens is 206 g/mol. The summed E-state index contributed by atoms with van der Waals surface area (Å²) >= 11 is 0. The maximum Gasteiger partial charge on any atom is 0.240 e. The van der Waals surface area contributed by atoms with E-state index in [9.17, 15) is 4.79 Å². The number of rotatable bonds is 4. The molecule has 0 bridgehead atoms. The van der Waals surface area contributed by atoms with Gasteiger partial charge in [-0.3, -0.25) is 9.69 Å². The summed E-state index contributed by atoms with van der Waals surface area (Å²) in [7, 11) is 0. The van der Waals surface area contributed by atoms with Crippen molar-refractivity contribution in [3.05, 3.63) is 0 Å². The highest BCUT2D eigenvalue weighted by atomic mass is 16.3. The average Bonchev–Trinajstić information content (AvgIpc) is 2.29. The zero-order valence-corrected chi connectivity index (χ0v) is 10.4. The van der Waals surface area contributed by atoms with Gasteiger partial charge < -0.3 is 15.7 Å². The molecule has 1 aliphatic heterocycles. The van der Waals surface area contributed by atoms with Crippen molar-refractivity contribution in [2.75, 3.05) is 32.8 Å². The van der Waals surface area contributed by atoms with Crippen LogP contribution in [-0.4, -0.2) is 60.3 Å². The molecule has 0 radical (unpaired) electrons. The molecule has 0 aromatic heterocycles. The van der Waals surface area contributed by atoms with Crippen LogP contribution in [0.25, 0.3) is 0 Å². The van der Waals surface area contributed by atoms with Crippen molar-refractivity contribution < 1.29 is 9.90 Å². The van der Waals surface area contributed by atoms with Crippen molar-refractivity contribution in [1.82, 2.24) is 15.5 Å². The Morgan fingerprint density at radius 1 is 1.50 bits per heavy atom. The van der Waals surface area contributed by atoms with Gasteiger partial charge >= 0.3 is 0 Å². The molecule has 1 amide bonds. The molecule has 5 nitrogen and oxygen atoms in total. The molecule has 1 atom stereocenters. The van der Waals surface area contributed by atoms with Crippen LogP contribution in [0.3, 0.4) is 0 Å². The second-order valence-electron chi connectivity index (χ2n) is 4.85. The minimum Gasteiger partial charge on any atom is -0.394 e. The van der Waals surface area contributed by atoms with E-state index in [1.807, 2.05) is 13.8 Å². The molecule has 0 aromatic rings. The van der Waals surface area contributed by atoms with Crippen LogP contribution < -0.4 is 10.6 Å². The van der Waals surface area contributed by atoms with Gasteiger partial charge in [-0.2, -0.15) is 0 Å². The zero-order chi connectivity index (χ0) is 12.2. The van der Waals surface area contributed by atoms with Crippen molar-refractivity contribution >= 4 is 5.91 Å². The first kappa shape index (κ1) is 13.4. The van der Waals surface area contributed by atoms with E-state index < -0.39 is 5.54 Å². The smallest absolute Gasteiger partial charge is 0.240 e. The van der Waals surface area contributed by atoms with Gasteiger partial charge in [0.15, 0.2) is 0 Å². The number of piperazine rings is 1. The first-order valence-corrected chi connectivity index (χ1v) is 5.86. The van der Waals surface area contributed by atoms with E-state index in [2.05, 4.69) is 15.5 Å². The van der Waals surface area contributed by atoms with Crippen LogP contribution in [-0.2, 0) is 4.79 Å². The third kappa shape index (κ3) is 3.17. The molecule has 1 saturated heterocycles. The van der Waals surface area contributed by atoms with Crippen LogP contribution in [0.1, 0.15) is 20.8 Å². The number of carbonyl (C=O) groups is 1. The zero-order valence-electron chi connectivity index (χ0n) is 10.4. The van der Waals surface area contributed by atoms with Gasteiger partial charge in [-0.25, -0.2) is 0 Å². The lowest BCUT2D eigenvalue weighted by Gasteiger charge is -2.40. The fourth-order valence-electron chi connectivity index (χ4n) is 1.81. The first-order chi connectivity index (χ1) is 7.48. The topological polar surface area (TPSA) is 64.6 Å². The van der Waals surface area contributed by atoms with Crippen molar-refractivity contribution in [3.63, 3.8) is 0 Å². The number of nitrogens with zero attached hydrogens (tertiary/aromatic N) is 1. The standard InChI is InChI=1S/C11H23N3O2/c1-9(8-15)13-10(16)11(2,3)14-6-4-12-5-7-14/h9,12,15H,4-8H2,1-3H3,(H,13,16)/t9-/m1/s1. The highest BCUT2D eigenvalue weighted by molar-refractivity contribution is 5.85. The number of aliphatic hydroxyl groups excluding tert-OH is 1. The van der Waals surface area contributed by atoms with Crippen molar-refractivity contribution in [1.29, 1.82) is 0 Å². The number of hydrogen-bond donors (Lipinski definition) is 3. The first-order valence-electron chi connectivity index (χ1n) is 5.86. The van der Waals surface area contributed by atoms with E-state index in [-0.39, 0.29) is 18.6 Å². The summed E-state index contributed by atoms with van der Waals surface area (Å²) in [4.78, 5) is 14.2. The van der Waals surface area contributed by atoms with Gasteiger partial charge in [-0.05, 0) is 20.8 Å². The second-order valence-corrected chi connectivity index (χ2v) is 4.85. The fourth-order valence-corrected chi connectivity index (χ4v) is 1.81. The number of amides is 1. The Morgan fingerprint density at radius 3 is 2.56 bits per heavy atom. The summed E-state index contributed by atoms with van der Waals surface area (Å²) in [6.07, 6.45) is 0. The Labute approximate surface area is 97.2 Å². The Morgan fingerprint density at radius 2 is 2.06 bits per heavy atom. The highest BCUT2D eigenvalue weighted by Gasteiger charge is 2.35. The maximum atomic E-state index is 12.0. The molecule has 0 unspecified atom stereocenters. The quantitative estimate of drug-likeness (QED) is 0.588. The minimum absolute atomic E-state index is 0.0176. The van der Waals surface area contributed by atoms with Crippen molar-refractivity contribution in [3.8, 4) is 0 Å². The molecule has 0 aliphatic carbocycles. The van der Waals surface area contributed by atoms with Gasteiger partial charge in [0.2, 0.25) is 5.91 Å². The second kappa shape index (κ2) is 5.61. The summed E-state index contributed by atoms with van der Waals surface area (Å²) in [6, 6.07) is -0.185. The van der Waals surface area contributed by atoms with Crippen molar-refractivity contribution in [2.45, 2.75) is 32.4 Å². The number of aliphatic hydroxyl groups is 1. The average molecular weight is 229 g/mol. The third-order valence-electron chi connectivity index (χ3n) is 3.11. The Bertz CT molecular complexity index is 237. The van der Waals surface area contributed by atoms with E-state index in [0.29, 0.717) is 0 Å². The lowest BCUT2D eigenvalue weighted by Crippen LogP contribution is -2.61. The molecule has 5 heteroatoms.